The molecule has 19 heavy (non-hydrogen) atoms. The Morgan fingerprint density at radius 2 is 2.16 bits per heavy atom. The SMILES string of the molecule is CC(C)c1ncc(N2CCN(C)CC2C)c(CCl)n1. The number of likely N-dealkylation sites (N-methyl/N-ethyl adjacent to an activating group) is 1. The van der Waals surface area contributed by atoms with Crippen LogP contribution in [0, 0.1) is 0 Å². The Morgan fingerprint density at radius 3 is 2.74 bits per heavy atom. The highest BCUT2D eigenvalue weighted by atomic mass is 35.5. The molecule has 0 bridgehead atoms. The van der Waals surface area contributed by atoms with E-state index in [0.717, 1.165) is 36.8 Å². The molecule has 1 aliphatic heterocycles. The number of anilines is 1. The van der Waals surface area contributed by atoms with E-state index in [2.05, 4.69) is 47.6 Å². The van der Waals surface area contributed by atoms with Crippen LogP contribution in [0.3, 0.4) is 0 Å². The van der Waals surface area contributed by atoms with Crippen LogP contribution in [0.1, 0.15) is 38.2 Å². The first-order chi connectivity index (χ1) is 9.02. The molecule has 1 saturated heterocycles. The highest BCUT2D eigenvalue weighted by Crippen LogP contribution is 2.25. The van der Waals surface area contributed by atoms with Gasteiger partial charge in [0.05, 0.1) is 23.5 Å². The molecule has 0 saturated carbocycles. The van der Waals surface area contributed by atoms with Crippen LogP contribution in [0.5, 0.6) is 0 Å². The fraction of sp³-hybridized carbons (Fsp3) is 0.714. The highest BCUT2D eigenvalue weighted by Gasteiger charge is 2.24. The lowest BCUT2D eigenvalue weighted by Gasteiger charge is -2.40. The number of rotatable bonds is 3. The fourth-order valence-electron chi connectivity index (χ4n) is 2.54. The monoisotopic (exact) mass is 282 g/mol. The Kier molecular flexibility index (Phi) is 4.63. The van der Waals surface area contributed by atoms with Gasteiger partial charge in [-0.2, -0.15) is 0 Å². The van der Waals surface area contributed by atoms with Crippen LogP contribution in [0.25, 0.3) is 0 Å². The first kappa shape index (κ1) is 14.5. The van der Waals surface area contributed by atoms with Crippen LogP contribution in [-0.2, 0) is 5.88 Å². The minimum Gasteiger partial charge on any atom is -0.363 e. The van der Waals surface area contributed by atoms with Crippen molar-refractivity contribution in [2.75, 3.05) is 31.6 Å². The molecule has 1 unspecified atom stereocenters. The second-order valence-corrected chi connectivity index (χ2v) is 5.92. The molecule has 0 spiro atoms. The molecule has 0 N–H and O–H groups in total. The smallest absolute Gasteiger partial charge is 0.131 e. The van der Waals surface area contributed by atoms with Gasteiger partial charge in [0.2, 0.25) is 0 Å². The third kappa shape index (κ3) is 3.18. The Hall–Kier alpha value is -0.870. The molecule has 2 rings (SSSR count). The number of hydrogen-bond donors (Lipinski definition) is 0. The zero-order valence-electron chi connectivity index (χ0n) is 12.2. The van der Waals surface area contributed by atoms with Gasteiger partial charge in [0.15, 0.2) is 0 Å². The van der Waals surface area contributed by atoms with Crippen molar-refractivity contribution in [3.05, 3.63) is 17.7 Å². The van der Waals surface area contributed by atoms with Gasteiger partial charge in [0, 0.05) is 31.6 Å². The van der Waals surface area contributed by atoms with Crippen molar-refractivity contribution < 1.29 is 0 Å². The van der Waals surface area contributed by atoms with Crippen LogP contribution >= 0.6 is 11.6 Å². The second kappa shape index (κ2) is 6.06. The molecule has 0 amide bonds. The van der Waals surface area contributed by atoms with Gasteiger partial charge in [-0.15, -0.1) is 11.6 Å². The lowest BCUT2D eigenvalue weighted by Crippen LogP contribution is -2.51. The van der Waals surface area contributed by atoms with Gasteiger partial charge in [0.1, 0.15) is 5.82 Å². The maximum absolute atomic E-state index is 6.08. The average molecular weight is 283 g/mol. The van der Waals surface area contributed by atoms with Crippen molar-refractivity contribution in [3.63, 3.8) is 0 Å². The minimum absolute atomic E-state index is 0.334. The van der Waals surface area contributed by atoms with Gasteiger partial charge in [0.25, 0.3) is 0 Å². The summed E-state index contributed by atoms with van der Waals surface area (Å²) in [7, 11) is 2.16. The van der Waals surface area contributed by atoms with E-state index in [9.17, 15) is 0 Å². The zero-order chi connectivity index (χ0) is 14.0. The molecule has 1 aromatic rings. The minimum atomic E-state index is 0.334. The molecule has 0 aromatic carbocycles. The molecule has 5 heteroatoms. The Bertz CT molecular complexity index is 435. The van der Waals surface area contributed by atoms with E-state index < -0.39 is 0 Å². The quantitative estimate of drug-likeness (QED) is 0.798. The Labute approximate surface area is 120 Å². The largest absolute Gasteiger partial charge is 0.363 e. The van der Waals surface area contributed by atoms with Gasteiger partial charge in [-0.25, -0.2) is 9.97 Å². The van der Waals surface area contributed by atoms with Gasteiger partial charge >= 0.3 is 0 Å². The Balaban J connectivity index is 2.28. The van der Waals surface area contributed by atoms with Crippen LogP contribution in [0.2, 0.25) is 0 Å². The summed E-state index contributed by atoms with van der Waals surface area (Å²) in [5.74, 6) is 1.65. The predicted octanol–water partition coefficient (Wildman–Crippen LogP) is 2.48. The number of piperazine rings is 1. The number of hydrogen-bond acceptors (Lipinski definition) is 4. The van der Waals surface area contributed by atoms with E-state index in [1.807, 2.05) is 6.20 Å². The van der Waals surface area contributed by atoms with Crippen molar-refractivity contribution in [1.82, 2.24) is 14.9 Å². The maximum Gasteiger partial charge on any atom is 0.131 e. The molecule has 106 valence electrons. The van der Waals surface area contributed by atoms with Gasteiger partial charge in [-0.3, -0.25) is 0 Å². The van der Waals surface area contributed by atoms with Crippen LogP contribution < -0.4 is 4.90 Å². The number of halogens is 1. The molecule has 1 aliphatic rings. The van der Waals surface area contributed by atoms with Crippen molar-refractivity contribution in [2.45, 2.75) is 38.6 Å². The summed E-state index contributed by atoms with van der Waals surface area (Å²) in [6.07, 6.45) is 1.95. The molecule has 0 radical (unpaired) electrons. The molecule has 4 nitrogen and oxygen atoms in total. The van der Waals surface area contributed by atoms with E-state index in [4.69, 9.17) is 11.6 Å². The molecule has 2 heterocycles. The highest BCUT2D eigenvalue weighted by molar-refractivity contribution is 6.17. The first-order valence-corrected chi connectivity index (χ1v) is 7.43. The number of alkyl halides is 1. The summed E-state index contributed by atoms with van der Waals surface area (Å²) in [5, 5.41) is 0. The van der Waals surface area contributed by atoms with E-state index in [-0.39, 0.29) is 0 Å². The van der Waals surface area contributed by atoms with Crippen LogP contribution in [0.4, 0.5) is 5.69 Å². The topological polar surface area (TPSA) is 32.3 Å². The van der Waals surface area contributed by atoms with E-state index in [1.165, 1.54) is 0 Å². The second-order valence-electron chi connectivity index (χ2n) is 5.65. The molecular formula is C14H23ClN4. The van der Waals surface area contributed by atoms with Gasteiger partial charge < -0.3 is 9.80 Å². The van der Waals surface area contributed by atoms with Crippen molar-refractivity contribution >= 4 is 17.3 Å². The lowest BCUT2D eigenvalue weighted by molar-refractivity contribution is 0.275. The third-order valence-corrected chi connectivity index (χ3v) is 3.90. The molecule has 0 aliphatic carbocycles. The van der Waals surface area contributed by atoms with E-state index in [1.54, 1.807) is 0 Å². The fourth-order valence-corrected chi connectivity index (χ4v) is 2.74. The number of aromatic nitrogens is 2. The van der Waals surface area contributed by atoms with E-state index in [0.29, 0.717) is 17.8 Å². The predicted molar refractivity (Wildman–Crippen MR) is 80.0 cm³/mol. The summed E-state index contributed by atoms with van der Waals surface area (Å²) in [4.78, 5) is 13.8. The molecule has 1 aromatic heterocycles. The Morgan fingerprint density at radius 1 is 1.42 bits per heavy atom. The normalized spacial score (nSPS) is 21.2. The summed E-state index contributed by atoms with van der Waals surface area (Å²) < 4.78 is 0. The van der Waals surface area contributed by atoms with Crippen LogP contribution in [0.15, 0.2) is 6.20 Å². The third-order valence-electron chi connectivity index (χ3n) is 3.65. The molecule has 1 fully saturated rings. The lowest BCUT2D eigenvalue weighted by atomic mass is 10.1. The van der Waals surface area contributed by atoms with E-state index >= 15 is 0 Å². The van der Waals surface area contributed by atoms with Gasteiger partial charge in [-0.05, 0) is 14.0 Å². The van der Waals surface area contributed by atoms with Crippen molar-refractivity contribution in [3.8, 4) is 0 Å². The summed E-state index contributed by atoms with van der Waals surface area (Å²) in [6.45, 7) is 9.58. The zero-order valence-corrected chi connectivity index (χ0v) is 13.0. The van der Waals surface area contributed by atoms with Crippen molar-refractivity contribution in [2.24, 2.45) is 0 Å². The summed E-state index contributed by atoms with van der Waals surface area (Å²) in [6, 6.07) is 0.467. The van der Waals surface area contributed by atoms with Gasteiger partial charge in [-0.1, -0.05) is 13.8 Å². The summed E-state index contributed by atoms with van der Waals surface area (Å²) >= 11 is 6.08. The van der Waals surface area contributed by atoms with Crippen molar-refractivity contribution in [1.29, 1.82) is 0 Å². The maximum atomic E-state index is 6.08. The molecular weight excluding hydrogens is 260 g/mol. The average Bonchev–Trinajstić information content (AvgIpc) is 2.38. The van der Waals surface area contributed by atoms with Crippen LogP contribution in [-0.4, -0.2) is 47.6 Å². The standard InChI is InChI=1S/C14H23ClN4/c1-10(2)14-16-8-13(12(7-15)17-14)19-6-5-18(4)9-11(19)3/h8,10-11H,5-7,9H2,1-4H3. The summed E-state index contributed by atoms with van der Waals surface area (Å²) in [5.41, 5.74) is 2.05. The number of nitrogens with zero attached hydrogens (tertiary/aromatic N) is 4. The first-order valence-electron chi connectivity index (χ1n) is 6.90. The molecule has 1 atom stereocenters.